The molecular weight excluding hydrogens is 1160 g/mol. The maximum Gasteiger partial charge on any atom is 0.185 e. The van der Waals surface area contributed by atoms with Crippen LogP contribution in [-0.2, 0) is 0 Å². The van der Waals surface area contributed by atoms with E-state index in [0.717, 1.165) is 0 Å². The second-order valence-corrected chi connectivity index (χ2v) is 20.8. The van der Waals surface area contributed by atoms with Crippen molar-refractivity contribution in [2.24, 2.45) is 40.9 Å². The number of phenolic OH excluding ortho intramolecular Hbond substituents is 4. The lowest BCUT2D eigenvalue weighted by atomic mass is 10.0. The molecule has 0 saturated carbocycles. The van der Waals surface area contributed by atoms with Gasteiger partial charge in [0.2, 0.25) is 0 Å². The Balaban J connectivity index is 1.16. The maximum atomic E-state index is 11.7. The van der Waals surface area contributed by atoms with E-state index in [2.05, 4.69) is 50.9 Å². The molecule has 0 saturated heterocycles. The van der Waals surface area contributed by atoms with Gasteiger partial charge in [0.05, 0.1) is 74.0 Å². The molecule has 11 aromatic rings. The third-order valence-corrected chi connectivity index (χ3v) is 15.1. The van der Waals surface area contributed by atoms with Gasteiger partial charge in [-0.15, -0.1) is 20.5 Å². The van der Waals surface area contributed by atoms with Crippen molar-refractivity contribution in [3.8, 4) is 90.5 Å². The van der Waals surface area contributed by atoms with Gasteiger partial charge in [0, 0.05) is 44.3 Å². The summed E-state index contributed by atoms with van der Waals surface area (Å²) in [6.45, 7) is 0. The Hall–Kier alpha value is -12.8. The number of azo groups is 4. The number of nitrogens with zero attached hydrogens (tertiary/aromatic N) is 10. The first kappa shape index (κ1) is 58.2. The second kappa shape index (κ2) is 25.5. The molecule has 20 nitrogen and oxygen atoms in total. The maximum absolute atomic E-state index is 11.7. The lowest BCUT2D eigenvalue weighted by Crippen LogP contribution is -1.92. The van der Waals surface area contributed by atoms with Crippen LogP contribution in [-0.4, -0.2) is 68.8 Å². The predicted molar refractivity (Wildman–Crippen MR) is 356 cm³/mol. The number of benzene rings is 8. The van der Waals surface area contributed by atoms with Gasteiger partial charge >= 0.3 is 0 Å². The molecule has 8 aromatic carbocycles. The third kappa shape index (κ3) is 11.8. The minimum atomic E-state index is -0.238. The summed E-state index contributed by atoms with van der Waals surface area (Å²) in [5.74, 6) is -0.505. The van der Waals surface area contributed by atoms with E-state index in [1.807, 2.05) is 121 Å². The quantitative estimate of drug-likeness (QED) is 0.0498. The van der Waals surface area contributed by atoms with Crippen molar-refractivity contribution in [3.05, 3.63) is 217 Å². The largest absolute Gasteiger partial charge is 0.503 e. The van der Waals surface area contributed by atoms with Crippen molar-refractivity contribution < 1.29 is 39.4 Å². The topological polar surface area (TPSA) is 274 Å². The zero-order valence-electron chi connectivity index (χ0n) is 49.7. The van der Waals surface area contributed by atoms with Crippen LogP contribution in [0.25, 0.3) is 90.9 Å². The SMILES string of the molecule is COc1cc(-c2c3nc(c(-c4cc(N=Nc5ccccc5)c(O)c(OC)c4)c4ccc([nH]4)c(-c4cc(N=Nc5ccccc5)c(O)c(OC)c4)c4nc(c(-c5cc(N=Nc6ccccc6)c(O)c(OC)c5)c5ccc2[nH]5)C=C4)C=C3)cc(N=Nc2ccccc2)c1O. The molecule has 20 heteroatoms. The van der Waals surface area contributed by atoms with E-state index >= 15 is 0 Å². The van der Waals surface area contributed by atoms with Gasteiger partial charge in [-0.25, -0.2) is 9.97 Å². The molecule has 2 aliphatic rings. The first-order valence-electron chi connectivity index (χ1n) is 28.7. The van der Waals surface area contributed by atoms with Gasteiger partial charge in [-0.2, -0.15) is 20.5 Å². The molecule has 8 bridgehead atoms. The summed E-state index contributed by atoms with van der Waals surface area (Å²) in [4.78, 5) is 18.4. The Morgan fingerprint density at radius 3 is 0.707 bits per heavy atom. The minimum Gasteiger partial charge on any atom is -0.503 e. The van der Waals surface area contributed by atoms with Gasteiger partial charge < -0.3 is 49.3 Å². The average Bonchev–Trinajstić information content (AvgIpc) is 1.61. The van der Waals surface area contributed by atoms with Crippen LogP contribution >= 0.6 is 0 Å². The summed E-state index contributed by atoms with van der Waals surface area (Å²) in [5.41, 5.74) is 11.0. The van der Waals surface area contributed by atoms with Gasteiger partial charge in [0.15, 0.2) is 46.0 Å². The van der Waals surface area contributed by atoms with Crippen molar-refractivity contribution in [1.29, 1.82) is 0 Å². The fourth-order valence-electron chi connectivity index (χ4n) is 10.7. The number of fused-ring (bicyclic) bond motifs is 8. The average molecular weight is 1220 g/mol. The highest BCUT2D eigenvalue weighted by Gasteiger charge is 2.25. The van der Waals surface area contributed by atoms with Crippen LogP contribution in [0.5, 0.6) is 46.0 Å². The standard InChI is InChI=1S/C72H54N12O8/c1-89-61-37-41(33-57(69(61)85)81-77-45-17-9-5-10-18-45)65-49-25-27-51(73-49)66(42-34-58(70(86)62(38-42)90-2)82-78-46-19-11-6-12-20-46)53-29-31-55(75-53)68(44-36-60(72(88)64(40-44)92-4)84-80-48-23-15-8-16-24-48)56-32-30-54(76-56)67(52-28-26-50(65)74-52)43-35-59(71(87)63(39-43)91-3)83-79-47-21-13-7-14-22-47/h5-40,73,76,85-88H,1-4H3. The lowest BCUT2D eigenvalue weighted by molar-refractivity contribution is 0.374. The Morgan fingerprint density at radius 1 is 0.283 bits per heavy atom. The molecule has 5 heterocycles. The second-order valence-electron chi connectivity index (χ2n) is 20.8. The van der Waals surface area contributed by atoms with Crippen LogP contribution in [0.15, 0.2) is 235 Å². The number of phenols is 4. The van der Waals surface area contributed by atoms with Crippen molar-refractivity contribution >= 4 is 91.9 Å². The molecule has 0 atom stereocenters. The molecule has 13 rings (SSSR count). The van der Waals surface area contributed by atoms with E-state index in [-0.39, 0.29) is 68.7 Å². The Labute approximate surface area is 525 Å². The molecular formula is C72H54N12O8. The fraction of sp³-hybridized carbons (Fsp3) is 0.0556. The number of aromatic amines is 2. The number of ether oxygens (including phenoxy) is 4. The smallest absolute Gasteiger partial charge is 0.185 e. The third-order valence-electron chi connectivity index (χ3n) is 15.1. The van der Waals surface area contributed by atoms with Gasteiger partial charge in [-0.1, -0.05) is 72.8 Å². The van der Waals surface area contributed by atoms with Crippen molar-refractivity contribution in [2.45, 2.75) is 0 Å². The van der Waals surface area contributed by atoms with Crippen LogP contribution < -0.4 is 18.9 Å². The summed E-state index contributed by atoms with van der Waals surface area (Å²) >= 11 is 0. The minimum absolute atomic E-state index is 0.111. The van der Waals surface area contributed by atoms with Gasteiger partial charge in [0.25, 0.3) is 0 Å². The van der Waals surface area contributed by atoms with E-state index in [9.17, 15) is 20.4 Å². The molecule has 0 radical (unpaired) electrons. The summed E-state index contributed by atoms with van der Waals surface area (Å²) < 4.78 is 23.4. The van der Waals surface area contributed by atoms with E-state index in [4.69, 9.17) is 28.9 Å². The van der Waals surface area contributed by atoms with Crippen LogP contribution in [0.3, 0.4) is 0 Å². The highest BCUT2D eigenvalue weighted by Crippen LogP contribution is 2.49. The molecule has 2 aliphatic heterocycles. The number of H-pyrrole nitrogens is 2. The van der Waals surface area contributed by atoms with Crippen molar-refractivity contribution in [2.75, 3.05) is 28.4 Å². The lowest BCUT2D eigenvalue weighted by Gasteiger charge is -2.12. The molecule has 6 N–H and O–H groups in total. The number of hydrogen-bond acceptors (Lipinski definition) is 18. The van der Waals surface area contributed by atoms with E-state index in [0.29, 0.717) is 112 Å². The van der Waals surface area contributed by atoms with Gasteiger partial charge in [0.1, 0.15) is 22.7 Å². The van der Waals surface area contributed by atoms with Crippen LogP contribution in [0.4, 0.5) is 45.5 Å². The number of nitrogens with one attached hydrogen (secondary N) is 2. The highest BCUT2D eigenvalue weighted by molar-refractivity contribution is 6.01. The monoisotopic (exact) mass is 1210 g/mol. The van der Waals surface area contributed by atoms with Gasteiger partial charge in [-0.05, 0) is 168 Å². The zero-order chi connectivity index (χ0) is 63.2. The zero-order valence-corrected chi connectivity index (χ0v) is 49.7. The number of rotatable bonds is 16. The molecule has 0 aliphatic carbocycles. The number of aromatic hydroxyl groups is 4. The Kier molecular flexibility index (Phi) is 16.1. The van der Waals surface area contributed by atoms with Crippen LogP contribution in [0.1, 0.15) is 22.8 Å². The molecule has 0 unspecified atom stereocenters. The fourth-order valence-corrected chi connectivity index (χ4v) is 10.7. The van der Waals surface area contributed by atoms with Crippen molar-refractivity contribution in [1.82, 2.24) is 19.9 Å². The Bertz CT molecular complexity index is 4410. The van der Waals surface area contributed by atoms with E-state index in [1.54, 1.807) is 97.1 Å². The first-order chi connectivity index (χ1) is 45.0. The number of aromatic nitrogens is 4. The highest BCUT2D eigenvalue weighted by atomic mass is 16.5. The number of methoxy groups -OCH3 is 4. The molecule has 3 aromatic heterocycles. The predicted octanol–water partition coefficient (Wildman–Crippen LogP) is 19.8. The molecule has 0 fully saturated rings. The first-order valence-corrected chi connectivity index (χ1v) is 28.7. The molecule has 0 amide bonds. The van der Waals surface area contributed by atoms with E-state index in [1.165, 1.54) is 28.4 Å². The van der Waals surface area contributed by atoms with E-state index < -0.39 is 0 Å². The Morgan fingerprint density at radius 2 is 0.500 bits per heavy atom. The van der Waals surface area contributed by atoms with Crippen LogP contribution in [0.2, 0.25) is 0 Å². The molecule has 92 heavy (non-hydrogen) atoms. The number of hydrogen-bond donors (Lipinski definition) is 6. The molecule has 450 valence electrons. The van der Waals surface area contributed by atoms with Gasteiger partial charge in [-0.3, -0.25) is 0 Å². The summed E-state index contributed by atoms with van der Waals surface area (Å²) in [7, 11) is 5.82. The summed E-state index contributed by atoms with van der Waals surface area (Å²) in [6.07, 6.45) is 7.50. The normalized spacial score (nSPS) is 12.0. The van der Waals surface area contributed by atoms with Crippen LogP contribution in [0, 0.1) is 0 Å². The molecule has 0 spiro atoms. The summed E-state index contributed by atoms with van der Waals surface area (Å²) in [6, 6.07) is 57.8. The van der Waals surface area contributed by atoms with Crippen molar-refractivity contribution in [3.63, 3.8) is 0 Å². The summed E-state index contributed by atoms with van der Waals surface area (Å²) in [5, 5.41) is 82.9.